The van der Waals surface area contributed by atoms with Gasteiger partial charge in [0.1, 0.15) is 5.82 Å². The van der Waals surface area contributed by atoms with E-state index in [9.17, 15) is 9.59 Å². The number of pyridine rings is 2. The first-order valence-electron chi connectivity index (χ1n) is 8.66. The number of Topliss-reactive ketones (excluding diaryl/α,β-unsaturated/α-hetero) is 1. The molecule has 1 amide bonds. The SMILES string of the molecule is CS.Cc1ccnc2c1N(CC(=O)CBr)C(=O)c1cccnc1N2C1CC1. The molecule has 1 fully saturated rings. The number of ketones is 1. The molecule has 0 N–H and O–H groups in total. The van der Waals surface area contributed by atoms with Gasteiger partial charge in [0.2, 0.25) is 0 Å². The maximum Gasteiger partial charge on any atom is 0.262 e. The number of carbonyl (C=O) groups is 2. The highest BCUT2D eigenvalue weighted by molar-refractivity contribution is 9.09. The van der Waals surface area contributed by atoms with Gasteiger partial charge in [0.15, 0.2) is 11.6 Å². The molecule has 0 unspecified atom stereocenters. The van der Waals surface area contributed by atoms with Crippen molar-refractivity contribution >= 4 is 57.6 Å². The molecule has 6 nitrogen and oxygen atoms in total. The minimum Gasteiger partial charge on any atom is -0.305 e. The van der Waals surface area contributed by atoms with Crippen LogP contribution in [0.2, 0.25) is 0 Å². The second-order valence-electron chi connectivity index (χ2n) is 6.34. The van der Waals surface area contributed by atoms with Gasteiger partial charge >= 0.3 is 0 Å². The summed E-state index contributed by atoms with van der Waals surface area (Å²) in [5, 5.41) is 0.206. The van der Waals surface area contributed by atoms with Gasteiger partial charge in [0.05, 0.1) is 23.1 Å². The van der Waals surface area contributed by atoms with Gasteiger partial charge in [-0.2, -0.15) is 12.6 Å². The van der Waals surface area contributed by atoms with Crippen molar-refractivity contribution in [3.05, 3.63) is 41.7 Å². The van der Waals surface area contributed by atoms with Crippen LogP contribution in [0.4, 0.5) is 17.3 Å². The van der Waals surface area contributed by atoms with E-state index in [1.54, 1.807) is 35.7 Å². The molecule has 0 saturated heterocycles. The summed E-state index contributed by atoms with van der Waals surface area (Å²) < 4.78 is 0. The van der Waals surface area contributed by atoms with Gasteiger partial charge in [-0.25, -0.2) is 9.97 Å². The molecule has 8 heteroatoms. The third-order valence-corrected chi connectivity index (χ3v) is 5.12. The quantitative estimate of drug-likeness (QED) is 0.571. The van der Waals surface area contributed by atoms with Crippen LogP contribution in [0.5, 0.6) is 0 Å². The average molecular weight is 449 g/mol. The third-order valence-electron chi connectivity index (χ3n) is 4.49. The molecule has 142 valence electrons. The van der Waals surface area contributed by atoms with Crippen molar-refractivity contribution in [1.29, 1.82) is 0 Å². The van der Waals surface area contributed by atoms with Crippen LogP contribution >= 0.6 is 28.6 Å². The minimum atomic E-state index is -0.210. The lowest BCUT2D eigenvalue weighted by Gasteiger charge is -2.26. The standard InChI is InChI=1S/C18H17BrN4O2.CH4S/c1-11-6-8-21-17-15(11)22(10-13(24)9-19)18(25)14-3-2-7-20-16(14)23(17)12-4-5-12;1-2/h2-3,6-8,12H,4-5,9-10H2,1H3;2H,1H3. The fraction of sp³-hybridized carbons (Fsp3) is 0.368. The van der Waals surface area contributed by atoms with Crippen molar-refractivity contribution in [2.75, 3.05) is 27.9 Å². The van der Waals surface area contributed by atoms with Crippen LogP contribution in [0.15, 0.2) is 30.6 Å². The van der Waals surface area contributed by atoms with E-state index in [1.807, 2.05) is 13.0 Å². The van der Waals surface area contributed by atoms with Crippen molar-refractivity contribution in [3.8, 4) is 0 Å². The number of aryl methyl sites for hydroxylation is 1. The summed E-state index contributed by atoms with van der Waals surface area (Å²) in [5.41, 5.74) is 2.13. The van der Waals surface area contributed by atoms with Gasteiger partial charge in [-0.15, -0.1) is 0 Å². The predicted octanol–water partition coefficient (Wildman–Crippen LogP) is 3.56. The second-order valence-corrected chi connectivity index (χ2v) is 6.90. The van der Waals surface area contributed by atoms with Crippen LogP contribution in [0, 0.1) is 6.92 Å². The van der Waals surface area contributed by atoms with E-state index in [-0.39, 0.29) is 23.6 Å². The lowest BCUT2D eigenvalue weighted by molar-refractivity contribution is -0.115. The molecule has 3 heterocycles. The fourth-order valence-electron chi connectivity index (χ4n) is 3.20. The minimum absolute atomic E-state index is 0.0104. The van der Waals surface area contributed by atoms with E-state index in [2.05, 4.69) is 43.4 Å². The zero-order valence-corrected chi connectivity index (χ0v) is 17.7. The number of hydrogen-bond donors (Lipinski definition) is 1. The second kappa shape index (κ2) is 8.39. The molecular weight excluding hydrogens is 428 g/mol. The van der Waals surface area contributed by atoms with Crippen molar-refractivity contribution in [3.63, 3.8) is 0 Å². The molecule has 0 atom stereocenters. The first kappa shape index (κ1) is 19.8. The number of rotatable bonds is 4. The number of fused-ring (bicyclic) bond motifs is 2. The first-order chi connectivity index (χ1) is 13.1. The Morgan fingerprint density at radius 3 is 2.59 bits per heavy atom. The number of alkyl halides is 1. The van der Waals surface area contributed by atoms with Crippen molar-refractivity contribution < 1.29 is 9.59 Å². The maximum atomic E-state index is 13.3. The monoisotopic (exact) mass is 448 g/mol. The molecule has 2 aromatic heterocycles. The van der Waals surface area contributed by atoms with Crippen LogP contribution in [-0.2, 0) is 4.79 Å². The van der Waals surface area contributed by atoms with Gasteiger partial charge in [0, 0.05) is 18.4 Å². The Bertz CT molecular complexity index is 873. The van der Waals surface area contributed by atoms with Crippen LogP contribution in [0.3, 0.4) is 0 Å². The van der Waals surface area contributed by atoms with Crippen LogP contribution in [-0.4, -0.2) is 45.8 Å². The molecule has 2 aliphatic rings. The molecule has 1 saturated carbocycles. The zero-order chi connectivity index (χ0) is 19.6. The topological polar surface area (TPSA) is 66.4 Å². The number of hydrogen-bond acceptors (Lipinski definition) is 6. The van der Waals surface area contributed by atoms with E-state index in [4.69, 9.17) is 0 Å². The molecule has 0 aromatic carbocycles. The molecule has 1 aliphatic heterocycles. The summed E-state index contributed by atoms with van der Waals surface area (Å²) in [7, 11) is 0. The first-order valence-corrected chi connectivity index (χ1v) is 10.7. The van der Waals surface area contributed by atoms with Crippen molar-refractivity contribution in [2.24, 2.45) is 0 Å². The molecule has 1 aliphatic carbocycles. The predicted molar refractivity (Wildman–Crippen MR) is 114 cm³/mol. The summed E-state index contributed by atoms with van der Waals surface area (Å²) in [5.74, 6) is 1.06. The van der Waals surface area contributed by atoms with E-state index >= 15 is 0 Å². The Morgan fingerprint density at radius 2 is 1.93 bits per heavy atom. The number of thiol groups is 1. The fourth-order valence-corrected chi connectivity index (χ4v) is 3.37. The molecular formula is C19H21BrN4O2S. The Hall–Kier alpha value is -1.93. The lowest BCUT2D eigenvalue weighted by Crippen LogP contribution is -2.36. The van der Waals surface area contributed by atoms with Crippen LogP contribution in [0.1, 0.15) is 28.8 Å². The summed E-state index contributed by atoms with van der Waals surface area (Å²) >= 11 is 6.72. The van der Waals surface area contributed by atoms with Gasteiger partial charge in [-0.3, -0.25) is 14.5 Å². The Morgan fingerprint density at radius 1 is 1.22 bits per heavy atom. The number of nitrogens with zero attached hydrogens (tertiary/aromatic N) is 4. The van der Waals surface area contributed by atoms with Gasteiger partial charge < -0.3 is 4.90 Å². The van der Waals surface area contributed by atoms with Crippen LogP contribution < -0.4 is 9.80 Å². The average Bonchev–Trinajstić information content (AvgIpc) is 3.53. The van der Waals surface area contributed by atoms with E-state index in [0.29, 0.717) is 28.9 Å². The Kier molecular flexibility index (Phi) is 6.16. The third kappa shape index (κ3) is 3.73. The highest BCUT2D eigenvalue weighted by Gasteiger charge is 2.40. The molecule has 0 radical (unpaired) electrons. The number of anilines is 3. The molecule has 0 spiro atoms. The summed E-state index contributed by atoms with van der Waals surface area (Å²) in [6.07, 6.45) is 7.21. The zero-order valence-electron chi connectivity index (χ0n) is 15.2. The molecule has 27 heavy (non-hydrogen) atoms. The van der Waals surface area contributed by atoms with E-state index in [1.165, 1.54) is 0 Å². The van der Waals surface area contributed by atoms with Gasteiger partial charge in [-0.1, -0.05) is 15.9 Å². The van der Waals surface area contributed by atoms with E-state index < -0.39 is 0 Å². The number of carbonyl (C=O) groups excluding carboxylic acids is 2. The number of amides is 1. The Labute approximate surface area is 172 Å². The molecule has 0 bridgehead atoms. The largest absolute Gasteiger partial charge is 0.305 e. The smallest absolute Gasteiger partial charge is 0.262 e. The highest BCUT2D eigenvalue weighted by atomic mass is 79.9. The lowest BCUT2D eigenvalue weighted by atomic mass is 10.2. The van der Waals surface area contributed by atoms with Crippen molar-refractivity contribution in [1.82, 2.24) is 9.97 Å². The number of aromatic nitrogens is 2. The van der Waals surface area contributed by atoms with Gasteiger partial charge in [-0.05, 0) is 49.8 Å². The number of halogens is 1. The summed E-state index contributed by atoms with van der Waals surface area (Å²) in [6.45, 7) is 1.95. The summed E-state index contributed by atoms with van der Waals surface area (Å²) in [6, 6.07) is 5.68. The maximum absolute atomic E-state index is 13.3. The molecule has 4 rings (SSSR count). The van der Waals surface area contributed by atoms with Crippen LogP contribution in [0.25, 0.3) is 0 Å². The summed E-state index contributed by atoms with van der Waals surface area (Å²) in [4.78, 5) is 38.0. The van der Waals surface area contributed by atoms with Gasteiger partial charge in [0.25, 0.3) is 5.91 Å². The van der Waals surface area contributed by atoms with E-state index in [0.717, 1.165) is 18.4 Å². The van der Waals surface area contributed by atoms with Crippen molar-refractivity contribution in [2.45, 2.75) is 25.8 Å². The molecule has 2 aromatic rings. The highest BCUT2D eigenvalue weighted by Crippen LogP contribution is 2.45. The Balaban J connectivity index is 0.00000102. The normalized spacial score (nSPS) is 15.3.